The van der Waals surface area contributed by atoms with Crippen molar-refractivity contribution in [2.45, 2.75) is 13.8 Å². The Morgan fingerprint density at radius 1 is 1.64 bits per heavy atom. The van der Waals surface area contributed by atoms with Gasteiger partial charge in [-0.2, -0.15) is 0 Å². The van der Waals surface area contributed by atoms with Gasteiger partial charge in [-0.25, -0.2) is 0 Å². The number of hydrogen-bond donors (Lipinski definition) is 1. The summed E-state index contributed by atoms with van der Waals surface area (Å²) in [6.45, 7) is 3.29. The molecule has 0 aromatic carbocycles. The summed E-state index contributed by atoms with van der Waals surface area (Å²) in [4.78, 5) is 12.2. The van der Waals surface area contributed by atoms with E-state index in [-0.39, 0.29) is 11.5 Å². The van der Waals surface area contributed by atoms with Crippen molar-refractivity contribution in [1.29, 1.82) is 0 Å². The van der Waals surface area contributed by atoms with E-state index in [1.807, 2.05) is 6.92 Å². The third-order valence-electron chi connectivity index (χ3n) is 1.31. The molecule has 1 aromatic rings. The van der Waals surface area contributed by atoms with Gasteiger partial charge in [0.1, 0.15) is 4.88 Å². The van der Waals surface area contributed by atoms with Crippen LogP contribution in [0, 0.1) is 6.92 Å². The van der Waals surface area contributed by atoms with Gasteiger partial charge < -0.3 is 5.11 Å². The van der Waals surface area contributed by atoms with Crippen molar-refractivity contribution in [2.75, 3.05) is 0 Å². The molecule has 0 fully saturated rings. The topological polar surface area (TPSA) is 37.3 Å². The Kier molecular flexibility index (Phi) is 2.34. The van der Waals surface area contributed by atoms with Crippen molar-refractivity contribution in [2.24, 2.45) is 0 Å². The number of hydrogen-bond acceptors (Lipinski definition) is 3. The predicted octanol–water partition coefficient (Wildman–Crippen LogP) is 2.73. The average Bonchev–Trinajstić information content (AvgIpc) is 2.17. The number of rotatable bonds is 1. The number of carbonyl (C=O) groups excluding carboxylic acids is 1. The van der Waals surface area contributed by atoms with Gasteiger partial charge in [0.2, 0.25) is 0 Å². The number of aryl methyl sites for hydroxylation is 1. The second-order valence-corrected chi connectivity index (χ2v) is 4.22. The highest BCUT2D eigenvalue weighted by Gasteiger charge is 2.15. The first kappa shape index (κ1) is 8.74. The molecule has 0 amide bonds. The van der Waals surface area contributed by atoms with Crippen LogP contribution in [0.3, 0.4) is 0 Å². The van der Waals surface area contributed by atoms with E-state index in [2.05, 4.69) is 15.9 Å². The van der Waals surface area contributed by atoms with Crippen molar-refractivity contribution in [3.8, 4) is 5.75 Å². The number of ketones is 1. The molecule has 1 N–H and O–H groups in total. The molecule has 0 radical (unpaired) electrons. The molecule has 60 valence electrons. The fraction of sp³-hybridized carbons (Fsp3) is 0.286. The molecule has 4 heteroatoms. The molecule has 0 saturated carbocycles. The van der Waals surface area contributed by atoms with E-state index in [4.69, 9.17) is 0 Å². The SMILES string of the molecule is CC(=O)c1sc(C)c(Br)c1O. The van der Waals surface area contributed by atoms with Gasteiger partial charge in [0.25, 0.3) is 0 Å². The van der Waals surface area contributed by atoms with Crippen LogP contribution in [0.1, 0.15) is 21.5 Å². The first-order chi connectivity index (χ1) is 5.04. The summed E-state index contributed by atoms with van der Waals surface area (Å²) in [5.74, 6) is -0.0266. The van der Waals surface area contributed by atoms with Gasteiger partial charge >= 0.3 is 0 Å². The zero-order valence-corrected chi connectivity index (χ0v) is 8.54. The summed E-state index contributed by atoms with van der Waals surface area (Å²) >= 11 is 4.48. The molecule has 11 heavy (non-hydrogen) atoms. The van der Waals surface area contributed by atoms with Crippen molar-refractivity contribution in [3.63, 3.8) is 0 Å². The van der Waals surface area contributed by atoms with Crippen LogP contribution in [-0.2, 0) is 0 Å². The maximum Gasteiger partial charge on any atom is 0.173 e. The minimum absolute atomic E-state index is 0.0694. The highest BCUT2D eigenvalue weighted by molar-refractivity contribution is 9.10. The molecular weight excluding hydrogens is 228 g/mol. The lowest BCUT2D eigenvalue weighted by molar-refractivity contribution is 0.101. The van der Waals surface area contributed by atoms with Crippen molar-refractivity contribution < 1.29 is 9.90 Å². The van der Waals surface area contributed by atoms with Crippen LogP contribution >= 0.6 is 27.3 Å². The number of Topliss-reactive ketones (excluding diaryl/α,β-unsaturated/α-hetero) is 1. The van der Waals surface area contributed by atoms with Crippen LogP contribution in [0.4, 0.5) is 0 Å². The smallest absolute Gasteiger partial charge is 0.173 e. The molecule has 0 aliphatic heterocycles. The maximum absolute atomic E-state index is 10.9. The maximum atomic E-state index is 10.9. The van der Waals surface area contributed by atoms with Crippen LogP contribution in [0.25, 0.3) is 0 Å². The quantitative estimate of drug-likeness (QED) is 0.760. The lowest BCUT2D eigenvalue weighted by atomic mass is 10.3. The summed E-state index contributed by atoms with van der Waals surface area (Å²) in [7, 11) is 0. The number of aromatic hydroxyl groups is 1. The van der Waals surface area contributed by atoms with E-state index in [1.54, 1.807) is 0 Å². The van der Waals surface area contributed by atoms with Gasteiger partial charge in [-0.15, -0.1) is 11.3 Å². The van der Waals surface area contributed by atoms with Crippen molar-refractivity contribution in [1.82, 2.24) is 0 Å². The Morgan fingerprint density at radius 3 is 2.36 bits per heavy atom. The summed E-state index contributed by atoms with van der Waals surface area (Å²) in [6, 6.07) is 0. The number of halogens is 1. The zero-order valence-electron chi connectivity index (χ0n) is 6.14. The fourth-order valence-corrected chi connectivity index (χ4v) is 2.16. The molecule has 1 aromatic heterocycles. The molecule has 0 spiro atoms. The van der Waals surface area contributed by atoms with E-state index in [0.29, 0.717) is 9.35 Å². The Morgan fingerprint density at radius 2 is 2.18 bits per heavy atom. The molecule has 0 aliphatic rings. The minimum atomic E-state index is -0.0960. The third-order valence-corrected chi connectivity index (χ3v) is 3.74. The molecule has 0 aliphatic carbocycles. The summed E-state index contributed by atoms with van der Waals surface area (Å²) < 4.78 is 0.632. The lowest BCUT2D eigenvalue weighted by Crippen LogP contribution is -1.85. The van der Waals surface area contributed by atoms with Crippen LogP contribution in [0.2, 0.25) is 0 Å². The molecule has 1 heterocycles. The Labute approximate surface area is 77.0 Å². The molecule has 0 saturated heterocycles. The molecule has 1 rings (SSSR count). The van der Waals surface area contributed by atoms with Crippen molar-refractivity contribution in [3.05, 3.63) is 14.2 Å². The standard InChI is InChI=1S/C7H7BrO2S/c1-3(9)7-6(10)5(8)4(2)11-7/h10H,1-2H3. The normalized spacial score (nSPS) is 10.1. The van der Waals surface area contributed by atoms with Gasteiger partial charge in [-0.3, -0.25) is 4.79 Å². The Hall–Kier alpha value is -0.350. The van der Waals surface area contributed by atoms with Gasteiger partial charge in [-0.05, 0) is 22.9 Å². The van der Waals surface area contributed by atoms with E-state index in [9.17, 15) is 9.90 Å². The second-order valence-electron chi connectivity index (χ2n) is 2.21. The first-order valence-corrected chi connectivity index (χ1v) is 4.63. The van der Waals surface area contributed by atoms with Gasteiger partial charge in [0.05, 0.1) is 4.47 Å². The highest BCUT2D eigenvalue weighted by atomic mass is 79.9. The van der Waals surface area contributed by atoms with Gasteiger partial charge in [-0.1, -0.05) is 0 Å². The van der Waals surface area contributed by atoms with E-state index in [0.717, 1.165) is 4.88 Å². The summed E-state index contributed by atoms with van der Waals surface area (Å²) in [5.41, 5.74) is 0. The highest BCUT2D eigenvalue weighted by Crippen LogP contribution is 2.38. The van der Waals surface area contributed by atoms with Gasteiger partial charge in [0, 0.05) is 11.8 Å². The van der Waals surface area contributed by atoms with E-state index < -0.39 is 0 Å². The summed E-state index contributed by atoms with van der Waals surface area (Å²) in [6.07, 6.45) is 0. The molecule has 0 bridgehead atoms. The largest absolute Gasteiger partial charge is 0.505 e. The van der Waals surface area contributed by atoms with Crippen LogP contribution in [-0.4, -0.2) is 10.9 Å². The van der Waals surface area contributed by atoms with Crippen LogP contribution < -0.4 is 0 Å². The Bertz CT molecular complexity index is 304. The third kappa shape index (κ3) is 1.46. The molecule has 0 atom stereocenters. The minimum Gasteiger partial charge on any atom is -0.505 e. The first-order valence-electron chi connectivity index (χ1n) is 3.02. The lowest BCUT2D eigenvalue weighted by Gasteiger charge is -1.89. The number of thiophene rings is 1. The molecule has 0 unspecified atom stereocenters. The molecular formula is C7H7BrO2S. The molecule has 2 nitrogen and oxygen atoms in total. The van der Waals surface area contributed by atoms with Crippen molar-refractivity contribution >= 4 is 33.0 Å². The van der Waals surface area contributed by atoms with Gasteiger partial charge in [0.15, 0.2) is 11.5 Å². The monoisotopic (exact) mass is 234 g/mol. The fourth-order valence-electron chi connectivity index (χ4n) is 0.751. The van der Waals surface area contributed by atoms with E-state index in [1.165, 1.54) is 18.3 Å². The average molecular weight is 235 g/mol. The second kappa shape index (κ2) is 2.95. The summed E-state index contributed by atoms with van der Waals surface area (Å²) in [5, 5.41) is 9.33. The zero-order chi connectivity index (χ0) is 8.59. The number of carbonyl (C=O) groups is 1. The predicted molar refractivity (Wildman–Crippen MR) is 48.4 cm³/mol. The Balaban J connectivity index is 3.29. The van der Waals surface area contributed by atoms with E-state index >= 15 is 0 Å². The van der Waals surface area contributed by atoms with Crippen LogP contribution in [0.5, 0.6) is 5.75 Å². The van der Waals surface area contributed by atoms with Crippen LogP contribution in [0.15, 0.2) is 4.47 Å².